The zero-order valence-electron chi connectivity index (χ0n) is 18.1. The van der Waals surface area contributed by atoms with Crippen LogP contribution in [0.4, 0.5) is 5.69 Å². The van der Waals surface area contributed by atoms with Gasteiger partial charge in [0.1, 0.15) is 17.0 Å². The van der Waals surface area contributed by atoms with Crippen molar-refractivity contribution in [2.24, 2.45) is 0 Å². The summed E-state index contributed by atoms with van der Waals surface area (Å²) in [4.78, 5) is 12.5. The number of carbonyl (C=O) groups is 1. The van der Waals surface area contributed by atoms with Crippen LogP contribution in [-0.4, -0.2) is 59.0 Å². The second kappa shape index (κ2) is 9.92. The topological polar surface area (TPSA) is 119 Å². The molecule has 0 unspecified atom stereocenters. The Morgan fingerprint density at radius 1 is 1.09 bits per heavy atom. The molecule has 10 nitrogen and oxygen atoms in total. The van der Waals surface area contributed by atoms with E-state index < -0.39 is 10.0 Å². The predicted molar refractivity (Wildman–Crippen MR) is 122 cm³/mol. The van der Waals surface area contributed by atoms with Crippen molar-refractivity contribution in [1.29, 1.82) is 0 Å². The van der Waals surface area contributed by atoms with Gasteiger partial charge in [0.05, 0.1) is 12.8 Å². The normalized spacial score (nSPS) is 14.9. The molecular weight excluding hydrogens is 444 g/mol. The average molecular weight is 469 g/mol. The molecule has 2 heterocycles. The standard InChI is InChI=1S/C22H24N6O4S/c1-32-20-11-5-17(15-21(20)33(30,31)27-13-3-2-4-14-27)6-12-22(29)24-18-7-9-19(10-8-18)28-16-23-25-26-28/h5-12,15-16H,2-4,13-14H2,1H3,(H,24,29). The highest BCUT2D eigenvalue weighted by Crippen LogP contribution is 2.30. The van der Waals surface area contributed by atoms with Gasteiger partial charge in [0, 0.05) is 24.9 Å². The van der Waals surface area contributed by atoms with Gasteiger partial charge in [-0.1, -0.05) is 12.5 Å². The van der Waals surface area contributed by atoms with Crippen LogP contribution in [-0.2, 0) is 14.8 Å². The van der Waals surface area contributed by atoms with Gasteiger partial charge in [-0.15, -0.1) is 5.10 Å². The lowest BCUT2D eigenvalue weighted by atomic mass is 10.2. The summed E-state index contributed by atoms with van der Waals surface area (Å²) in [6, 6.07) is 11.9. The SMILES string of the molecule is COc1ccc(C=CC(=O)Nc2ccc(-n3cnnn3)cc2)cc1S(=O)(=O)N1CCCCC1. The van der Waals surface area contributed by atoms with Crippen LogP contribution in [0.15, 0.2) is 59.8 Å². The van der Waals surface area contributed by atoms with Crippen molar-refractivity contribution in [1.82, 2.24) is 24.5 Å². The molecule has 1 saturated heterocycles. The van der Waals surface area contributed by atoms with E-state index in [2.05, 4.69) is 20.8 Å². The number of rotatable bonds is 7. The molecule has 3 aromatic rings. The molecule has 2 aromatic carbocycles. The van der Waals surface area contributed by atoms with Gasteiger partial charge in [-0.05, 0) is 71.3 Å². The molecule has 0 saturated carbocycles. The summed E-state index contributed by atoms with van der Waals surface area (Å²) < 4.78 is 34.6. The molecule has 1 amide bonds. The van der Waals surface area contributed by atoms with Crippen LogP contribution in [0.3, 0.4) is 0 Å². The predicted octanol–water partition coefficient (Wildman–Crippen LogP) is 2.50. The van der Waals surface area contributed by atoms with E-state index in [-0.39, 0.29) is 16.6 Å². The second-order valence-electron chi connectivity index (χ2n) is 7.50. The zero-order valence-corrected chi connectivity index (χ0v) is 18.9. The number of carbonyl (C=O) groups excluding carboxylic acids is 1. The Bertz CT molecular complexity index is 1230. The van der Waals surface area contributed by atoms with Crippen LogP contribution in [0.25, 0.3) is 11.8 Å². The van der Waals surface area contributed by atoms with E-state index in [0.717, 1.165) is 24.9 Å². The van der Waals surface area contributed by atoms with Crippen LogP contribution in [0.2, 0.25) is 0 Å². The van der Waals surface area contributed by atoms with Gasteiger partial charge in [0.2, 0.25) is 15.9 Å². The summed E-state index contributed by atoms with van der Waals surface area (Å²) in [7, 11) is -2.24. The Morgan fingerprint density at radius 3 is 2.52 bits per heavy atom. The Labute approximate surface area is 191 Å². The number of sulfonamides is 1. The first-order valence-electron chi connectivity index (χ1n) is 10.5. The van der Waals surface area contributed by atoms with E-state index in [1.54, 1.807) is 42.5 Å². The highest BCUT2D eigenvalue weighted by Gasteiger charge is 2.29. The molecule has 1 aliphatic rings. The van der Waals surface area contributed by atoms with Gasteiger partial charge in [-0.3, -0.25) is 4.79 Å². The lowest BCUT2D eigenvalue weighted by Gasteiger charge is -2.26. The fourth-order valence-electron chi connectivity index (χ4n) is 3.58. The molecule has 172 valence electrons. The number of tetrazole rings is 1. The number of aromatic nitrogens is 4. The largest absolute Gasteiger partial charge is 0.495 e. The third-order valence-electron chi connectivity index (χ3n) is 5.30. The first-order valence-corrected chi connectivity index (χ1v) is 11.9. The Balaban J connectivity index is 1.47. The van der Waals surface area contributed by atoms with Gasteiger partial charge in [-0.25, -0.2) is 13.1 Å². The Kier molecular flexibility index (Phi) is 6.80. The molecule has 1 aromatic heterocycles. The number of amides is 1. The van der Waals surface area contributed by atoms with Crippen molar-refractivity contribution in [2.45, 2.75) is 24.2 Å². The van der Waals surface area contributed by atoms with Gasteiger partial charge >= 0.3 is 0 Å². The fraction of sp³-hybridized carbons (Fsp3) is 0.273. The fourth-order valence-corrected chi connectivity index (χ4v) is 5.28. The molecule has 11 heteroatoms. The van der Waals surface area contributed by atoms with Crippen molar-refractivity contribution < 1.29 is 17.9 Å². The minimum atomic E-state index is -3.68. The number of piperidine rings is 1. The average Bonchev–Trinajstić information content (AvgIpc) is 3.39. The molecule has 1 N–H and O–H groups in total. The molecule has 4 rings (SSSR count). The number of nitrogens with one attached hydrogen (secondary N) is 1. The molecule has 0 bridgehead atoms. The van der Waals surface area contributed by atoms with Crippen molar-refractivity contribution >= 4 is 27.7 Å². The number of hydrogen-bond donors (Lipinski definition) is 1. The third-order valence-corrected chi connectivity index (χ3v) is 7.22. The number of hydrogen-bond acceptors (Lipinski definition) is 7. The summed E-state index contributed by atoms with van der Waals surface area (Å²) in [5, 5.41) is 13.7. The summed E-state index contributed by atoms with van der Waals surface area (Å²) in [6.45, 7) is 1.00. The van der Waals surface area contributed by atoms with Gasteiger partial charge in [0.25, 0.3) is 0 Å². The summed E-state index contributed by atoms with van der Waals surface area (Å²) in [6.07, 6.45) is 7.12. The Morgan fingerprint density at radius 2 is 1.85 bits per heavy atom. The molecule has 0 radical (unpaired) electrons. The van der Waals surface area contributed by atoms with Crippen molar-refractivity contribution in [3.63, 3.8) is 0 Å². The van der Waals surface area contributed by atoms with Crippen LogP contribution in [0.1, 0.15) is 24.8 Å². The molecule has 33 heavy (non-hydrogen) atoms. The van der Waals surface area contributed by atoms with Crippen LogP contribution in [0, 0.1) is 0 Å². The molecule has 0 atom stereocenters. The summed E-state index contributed by atoms with van der Waals surface area (Å²) >= 11 is 0. The molecule has 0 spiro atoms. The Hall–Kier alpha value is -3.57. The highest BCUT2D eigenvalue weighted by atomic mass is 32.2. The van der Waals surface area contributed by atoms with Crippen LogP contribution >= 0.6 is 0 Å². The number of ether oxygens (including phenoxy) is 1. The summed E-state index contributed by atoms with van der Waals surface area (Å²) in [5.41, 5.74) is 1.94. The van der Waals surface area contributed by atoms with E-state index in [9.17, 15) is 13.2 Å². The maximum absolute atomic E-state index is 13.1. The quantitative estimate of drug-likeness (QED) is 0.529. The lowest BCUT2D eigenvalue weighted by Crippen LogP contribution is -2.35. The van der Waals surface area contributed by atoms with Crippen molar-refractivity contribution in [3.05, 3.63) is 60.4 Å². The minimum absolute atomic E-state index is 0.104. The maximum atomic E-state index is 13.1. The van der Waals surface area contributed by atoms with E-state index >= 15 is 0 Å². The van der Waals surface area contributed by atoms with Crippen molar-refractivity contribution in [2.75, 3.05) is 25.5 Å². The van der Waals surface area contributed by atoms with Crippen molar-refractivity contribution in [3.8, 4) is 11.4 Å². The number of anilines is 1. The van der Waals surface area contributed by atoms with Gasteiger partial charge < -0.3 is 10.1 Å². The zero-order chi connectivity index (χ0) is 23.3. The maximum Gasteiger partial charge on any atom is 0.248 e. The van der Waals surface area contributed by atoms with Crippen LogP contribution < -0.4 is 10.1 Å². The van der Waals surface area contributed by atoms with Gasteiger partial charge in [-0.2, -0.15) is 4.31 Å². The van der Waals surface area contributed by atoms with E-state index in [1.807, 2.05) is 0 Å². The first kappa shape index (κ1) is 22.6. The van der Waals surface area contributed by atoms with E-state index in [1.165, 1.54) is 34.6 Å². The van der Waals surface area contributed by atoms with E-state index in [0.29, 0.717) is 24.3 Å². The smallest absolute Gasteiger partial charge is 0.248 e. The second-order valence-corrected chi connectivity index (χ2v) is 9.41. The first-order chi connectivity index (χ1) is 16.0. The monoisotopic (exact) mass is 468 g/mol. The molecule has 1 fully saturated rings. The van der Waals surface area contributed by atoms with E-state index in [4.69, 9.17) is 4.74 Å². The minimum Gasteiger partial charge on any atom is -0.495 e. The summed E-state index contributed by atoms with van der Waals surface area (Å²) in [5.74, 6) is -0.0636. The third kappa shape index (κ3) is 5.26. The molecule has 0 aliphatic carbocycles. The molecular formula is C22H24N6O4S. The number of benzene rings is 2. The van der Waals surface area contributed by atoms with Crippen LogP contribution in [0.5, 0.6) is 5.75 Å². The number of methoxy groups -OCH3 is 1. The van der Waals surface area contributed by atoms with Gasteiger partial charge in [0.15, 0.2) is 0 Å². The number of nitrogens with zero attached hydrogens (tertiary/aromatic N) is 5. The highest BCUT2D eigenvalue weighted by molar-refractivity contribution is 7.89. The molecule has 1 aliphatic heterocycles. The lowest BCUT2D eigenvalue weighted by molar-refractivity contribution is -0.111.